The summed E-state index contributed by atoms with van der Waals surface area (Å²) in [5, 5.41) is 2.87. The molecule has 0 N–H and O–H groups in total. The highest BCUT2D eigenvalue weighted by molar-refractivity contribution is 7.74. The summed E-state index contributed by atoms with van der Waals surface area (Å²) in [4.78, 5) is 0. The predicted molar refractivity (Wildman–Crippen MR) is 99.5 cm³/mol. The van der Waals surface area contributed by atoms with Crippen LogP contribution in [0.2, 0.25) is 0 Å². The number of hydrogen-bond acceptors (Lipinski definition) is 0. The molecule has 2 aromatic rings. The van der Waals surface area contributed by atoms with E-state index in [1.165, 1.54) is 21.8 Å². The van der Waals surface area contributed by atoms with Gasteiger partial charge >= 0.3 is 0 Å². The second-order valence-corrected chi connectivity index (χ2v) is 8.01. The molecule has 0 aromatic heterocycles. The highest BCUT2D eigenvalue weighted by Crippen LogP contribution is 2.45. The number of benzene rings is 2. The van der Waals surface area contributed by atoms with Crippen LogP contribution in [0.1, 0.15) is 13.8 Å². The molecule has 1 aliphatic carbocycles. The minimum absolute atomic E-state index is 0.437. The minimum atomic E-state index is -0.437. The lowest BCUT2D eigenvalue weighted by molar-refractivity contribution is 1.18. The first-order valence-electron chi connectivity index (χ1n) is 7.69. The molecule has 22 heavy (non-hydrogen) atoms. The Hall–Kier alpha value is -1.91. The fourth-order valence-corrected chi connectivity index (χ4v) is 5.69. The molecule has 0 nitrogen and oxygen atoms in total. The third-order valence-corrected chi connectivity index (χ3v) is 6.64. The van der Waals surface area contributed by atoms with Gasteiger partial charge in [0.15, 0.2) is 0 Å². The molecular formula is C21H21P. The minimum Gasteiger partial charge on any atom is -0.0722 e. The predicted octanol–water partition coefficient (Wildman–Crippen LogP) is 4.95. The number of hydrogen-bond donors (Lipinski definition) is 0. The van der Waals surface area contributed by atoms with Crippen LogP contribution in [0.4, 0.5) is 0 Å². The van der Waals surface area contributed by atoms with Gasteiger partial charge in [0.1, 0.15) is 0 Å². The van der Waals surface area contributed by atoms with Crippen molar-refractivity contribution in [3.63, 3.8) is 0 Å². The normalized spacial score (nSPS) is 17.0. The van der Waals surface area contributed by atoms with Gasteiger partial charge in [0.25, 0.3) is 0 Å². The molecule has 0 heterocycles. The maximum atomic E-state index is 2.37. The van der Waals surface area contributed by atoms with Gasteiger partial charge in [-0.1, -0.05) is 90.5 Å². The molecule has 0 bridgehead atoms. The van der Waals surface area contributed by atoms with Gasteiger partial charge in [0.2, 0.25) is 0 Å². The van der Waals surface area contributed by atoms with Crippen LogP contribution in [0.3, 0.4) is 0 Å². The van der Waals surface area contributed by atoms with Gasteiger partial charge in [-0.25, -0.2) is 0 Å². The zero-order chi connectivity index (χ0) is 15.4. The van der Waals surface area contributed by atoms with Crippen LogP contribution < -0.4 is 10.6 Å². The Morgan fingerprint density at radius 1 is 0.773 bits per heavy atom. The lowest BCUT2D eigenvalue weighted by Gasteiger charge is -2.29. The standard InChI is InChI=1S/C21H21P/c1-17(2)20-15-9-10-16-21(20)22(18-11-5-3-6-12-18)19-13-7-4-8-14-19/h3-16,21H,1-2H3. The van der Waals surface area contributed by atoms with Crippen molar-refractivity contribution in [1.82, 2.24) is 0 Å². The lowest BCUT2D eigenvalue weighted by atomic mass is 10.0. The first-order chi connectivity index (χ1) is 10.8. The number of rotatable bonds is 3. The van der Waals surface area contributed by atoms with Gasteiger partial charge in [-0.05, 0) is 38.0 Å². The van der Waals surface area contributed by atoms with Crippen LogP contribution in [0.5, 0.6) is 0 Å². The first-order valence-corrected chi connectivity index (χ1v) is 9.10. The summed E-state index contributed by atoms with van der Waals surface area (Å²) >= 11 is 0. The monoisotopic (exact) mass is 304 g/mol. The molecule has 1 unspecified atom stereocenters. The van der Waals surface area contributed by atoms with Crippen LogP contribution >= 0.6 is 7.92 Å². The molecule has 1 atom stereocenters. The Bertz CT molecular complexity index is 665. The zero-order valence-corrected chi connectivity index (χ0v) is 14.0. The molecule has 0 spiro atoms. The Labute approximate surface area is 134 Å². The summed E-state index contributed by atoms with van der Waals surface area (Å²) in [6, 6.07) is 21.9. The van der Waals surface area contributed by atoms with Crippen LogP contribution in [-0.4, -0.2) is 5.66 Å². The highest BCUT2D eigenvalue weighted by atomic mass is 31.1. The van der Waals surface area contributed by atoms with Gasteiger partial charge in [-0.3, -0.25) is 0 Å². The smallest absolute Gasteiger partial charge is 0.0304 e. The molecule has 0 saturated carbocycles. The zero-order valence-electron chi connectivity index (χ0n) is 13.1. The van der Waals surface area contributed by atoms with Gasteiger partial charge in [-0.2, -0.15) is 0 Å². The van der Waals surface area contributed by atoms with E-state index in [2.05, 4.69) is 98.8 Å². The van der Waals surface area contributed by atoms with E-state index < -0.39 is 7.92 Å². The summed E-state index contributed by atoms with van der Waals surface area (Å²) < 4.78 is 0. The lowest BCUT2D eigenvalue weighted by Crippen LogP contribution is -2.22. The molecule has 0 aliphatic heterocycles. The van der Waals surface area contributed by atoms with Crippen molar-refractivity contribution in [3.05, 3.63) is 96.1 Å². The molecule has 110 valence electrons. The van der Waals surface area contributed by atoms with Gasteiger partial charge in [0, 0.05) is 5.66 Å². The van der Waals surface area contributed by atoms with E-state index in [0.717, 1.165) is 0 Å². The molecule has 1 aliphatic rings. The summed E-state index contributed by atoms with van der Waals surface area (Å²) in [7, 11) is -0.437. The fraction of sp³-hybridized carbons (Fsp3) is 0.143. The maximum Gasteiger partial charge on any atom is 0.0304 e. The van der Waals surface area contributed by atoms with Crippen molar-refractivity contribution in [3.8, 4) is 0 Å². The summed E-state index contributed by atoms with van der Waals surface area (Å²) in [5.74, 6) is 0. The molecular weight excluding hydrogens is 283 g/mol. The highest BCUT2D eigenvalue weighted by Gasteiger charge is 2.26. The molecule has 0 fully saturated rings. The fourth-order valence-electron chi connectivity index (χ4n) is 2.87. The van der Waals surface area contributed by atoms with E-state index in [1.54, 1.807) is 0 Å². The maximum absolute atomic E-state index is 2.37. The van der Waals surface area contributed by atoms with E-state index in [0.29, 0.717) is 5.66 Å². The van der Waals surface area contributed by atoms with E-state index in [1.807, 2.05) is 0 Å². The average Bonchev–Trinajstić information content (AvgIpc) is 2.57. The van der Waals surface area contributed by atoms with Crippen molar-refractivity contribution in [1.29, 1.82) is 0 Å². The molecule has 0 radical (unpaired) electrons. The largest absolute Gasteiger partial charge is 0.0722 e. The van der Waals surface area contributed by atoms with Crippen molar-refractivity contribution >= 4 is 18.5 Å². The Balaban J connectivity index is 2.12. The van der Waals surface area contributed by atoms with Crippen molar-refractivity contribution in [2.45, 2.75) is 19.5 Å². The van der Waals surface area contributed by atoms with Gasteiger partial charge in [0.05, 0.1) is 0 Å². The van der Waals surface area contributed by atoms with Crippen molar-refractivity contribution < 1.29 is 0 Å². The second-order valence-electron chi connectivity index (χ2n) is 5.69. The quantitative estimate of drug-likeness (QED) is 0.704. The van der Waals surface area contributed by atoms with E-state index >= 15 is 0 Å². The van der Waals surface area contributed by atoms with Crippen LogP contribution in [0.25, 0.3) is 0 Å². The Morgan fingerprint density at radius 3 is 1.82 bits per heavy atom. The van der Waals surface area contributed by atoms with Gasteiger partial charge < -0.3 is 0 Å². The van der Waals surface area contributed by atoms with E-state index in [9.17, 15) is 0 Å². The number of allylic oxidation sites excluding steroid dienone is 6. The first kappa shape index (κ1) is 15.0. The Morgan fingerprint density at radius 2 is 1.32 bits per heavy atom. The van der Waals surface area contributed by atoms with E-state index in [4.69, 9.17) is 0 Å². The van der Waals surface area contributed by atoms with Gasteiger partial charge in [-0.15, -0.1) is 0 Å². The molecule has 1 heteroatoms. The molecule has 0 amide bonds. The summed E-state index contributed by atoms with van der Waals surface area (Å²) in [6.45, 7) is 4.44. The van der Waals surface area contributed by atoms with Crippen LogP contribution in [-0.2, 0) is 0 Å². The summed E-state index contributed by atoms with van der Waals surface area (Å²) in [5.41, 5.74) is 3.32. The van der Waals surface area contributed by atoms with E-state index in [-0.39, 0.29) is 0 Å². The second kappa shape index (κ2) is 6.90. The molecule has 2 aromatic carbocycles. The van der Waals surface area contributed by atoms with Crippen molar-refractivity contribution in [2.24, 2.45) is 0 Å². The topological polar surface area (TPSA) is 0 Å². The van der Waals surface area contributed by atoms with Crippen LogP contribution in [0, 0.1) is 0 Å². The van der Waals surface area contributed by atoms with Crippen molar-refractivity contribution in [2.75, 3.05) is 0 Å². The Kier molecular flexibility index (Phi) is 4.71. The van der Waals surface area contributed by atoms with Crippen LogP contribution in [0.15, 0.2) is 96.1 Å². The molecule has 3 rings (SSSR count). The average molecular weight is 304 g/mol. The SMILES string of the molecule is CC(C)=C1C=CC=CC1P(c1ccccc1)c1ccccc1. The third kappa shape index (κ3) is 3.13. The third-order valence-electron chi connectivity index (χ3n) is 3.92. The molecule has 0 saturated heterocycles. The summed E-state index contributed by atoms with van der Waals surface area (Å²) in [6.07, 6.45) is 9.00.